The normalized spacial score (nSPS) is 18.1. The van der Waals surface area contributed by atoms with E-state index in [1.54, 1.807) is 7.11 Å². The molecule has 0 unspecified atom stereocenters. The van der Waals surface area contributed by atoms with E-state index in [1.165, 1.54) is 4.68 Å². The van der Waals surface area contributed by atoms with Crippen LogP contribution in [0.1, 0.15) is 36.0 Å². The number of likely N-dealkylation sites (tertiary alicyclic amines) is 1. The zero-order valence-corrected chi connectivity index (χ0v) is 18.9. The van der Waals surface area contributed by atoms with Gasteiger partial charge in [-0.25, -0.2) is 4.98 Å². The maximum absolute atomic E-state index is 13.4. The lowest BCUT2D eigenvalue weighted by Gasteiger charge is -2.32. The number of rotatable bonds is 6. The van der Waals surface area contributed by atoms with E-state index in [0.717, 1.165) is 60.2 Å². The third-order valence-electron chi connectivity index (χ3n) is 5.33. The van der Waals surface area contributed by atoms with Crippen LogP contribution in [0.25, 0.3) is 17.6 Å². The average Bonchev–Trinajstić information content (AvgIpc) is 3.36. The highest BCUT2D eigenvalue weighted by atomic mass is 127. The van der Waals surface area contributed by atoms with Crippen LogP contribution >= 0.6 is 20.7 Å². The van der Waals surface area contributed by atoms with E-state index in [1.807, 2.05) is 17.1 Å². The van der Waals surface area contributed by atoms with Gasteiger partial charge in [0.05, 0.1) is 24.5 Å². The molecule has 0 saturated carbocycles. The van der Waals surface area contributed by atoms with Gasteiger partial charge < -0.3 is 19.9 Å². The Kier molecular flexibility index (Phi) is 6.30. The van der Waals surface area contributed by atoms with Crippen LogP contribution in [-0.2, 0) is 10.9 Å². The lowest BCUT2D eigenvalue weighted by atomic mass is 10.0. The van der Waals surface area contributed by atoms with Crippen molar-refractivity contribution < 1.29 is 17.9 Å². The molecule has 2 N–H and O–H groups in total. The molecule has 0 radical (unpaired) electrons. The number of nitrogens with one attached hydrogen (secondary N) is 2. The van der Waals surface area contributed by atoms with Crippen LogP contribution < -0.4 is 5.32 Å². The molecule has 4 rings (SSSR count). The number of aromatic nitrogens is 4. The molecule has 2 aromatic heterocycles. The first-order valence-electron chi connectivity index (χ1n) is 9.75. The van der Waals surface area contributed by atoms with E-state index < -0.39 is 32.6 Å². The van der Waals surface area contributed by atoms with E-state index in [9.17, 15) is 13.2 Å². The smallest absolute Gasteiger partial charge is 0.435 e. The van der Waals surface area contributed by atoms with Gasteiger partial charge in [-0.05, 0) is 46.7 Å². The molecular weight excluding hydrogens is 512 g/mol. The predicted molar refractivity (Wildman–Crippen MR) is 118 cm³/mol. The number of hydrogen-bond acceptors (Lipinski definition) is 5. The number of likely N-dealkylation sites (N-methyl/N-ethyl adjacent to an activating group) is 1. The third-order valence-corrected chi connectivity index (χ3v) is 7.60. The Balaban J connectivity index is 1.64. The van der Waals surface area contributed by atoms with Gasteiger partial charge in [0.25, 0.3) is 0 Å². The van der Waals surface area contributed by atoms with Gasteiger partial charge in [-0.2, -0.15) is 18.3 Å². The van der Waals surface area contributed by atoms with Crippen molar-refractivity contribution in [3.05, 3.63) is 26.9 Å². The molecule has 0 amide bonds. The number of halogens is 4. The SMILES string of the molecule is CNCCN1CCC(n2nc(C(F)(F)F)cc2-c2nc3c([nH]2)C=C(OC)I=C3)CC1. The number of methoxy groups -OCH3 is 1. The highest BCUT2D eigenvalue weighted by Crippen LogP contribution is 2.35. The van der Waals surface area contributed by atoms with Gasteiger partial charge in [-0.1, -0.05) is 0 Å². The van der Waals surface area contributed by atoms with Crippen LogP contribution in [0.4, 0.5) is 13.2 Å². The second-order valence-corrected chi connectivity index (χ2v) is 9.60. The number of alkyl halides is 3. The maximum Gasteiger partial charge on any atom is 0.435 e. The Morgan fingerprint density at radius 1 is 1.33 bits per heavy atom. The Morgan fingerprint density at radius 3 is 2.77 bits per heavy atom. The minimum atomic E-state index is -4.50. The van der Waals surface area contributed by atoms with Crippen molar-refractivity contribution in [2.45, 2.75) is 25.1 Å². The number of H-pyrrole nitrogens is 1. The molecule has 30 heavy (non-hydrogen) atoms. The molecule has 0 aromatic carbocycles. The summed E-state index contributed by atoms with van der Waals surface area (Å²) in [5.41, 5.74) is 1.02. The first-order chi connectivity index (χ1) is 14.4. The van der Waals surface area contributed by atoms with Gasteiger partial charge in [-0.15, -0.1) is 0 Å². The van der Waals surface area contributed by atoms with Gasteiger partial charge in [0.2, 0.25) is 0 Å². The molecule has 0 aliphatic carbocycles. The van der Waals surface area contributed by atoms with Crippen molar-refractivity contribution >= 4 is 30.8 Å². The van der Waals surface area contributed by atoms with E-state index in [0.29, 0.717) is 11.5 Å². The topological polar surface area (TPSA) is 71.0 Å². The molecule has 4 heterocycles. The zero-order valence-electron chi connectivity index (χ0n) is 16.8. The van der Waals surface area contributed by atoms with E-state index in [-0.39, 0.29) is 6.04 Å². The monoisotopic (exact) mass is 536 g/mol. The van der Waals surface area contributed by atoms with Crippen LogP contribution in [0, 0.1) is 0 Å². The molecule has 164 valence electrons. The third kappa shape index (κ3) is 4.47. The Morgan fingerprint density at radius 2 is 2.10 bits per heavy atom. The van der Waals surface area contributed by atoms with E-state index in [4.69, 9.17) is 4.74 Å². The van der Waals surface area contributed by atoms with Crippen LogP contribution in [0.3, 0.4) is 0 Å². The Hall–Kier alpha value is -1.73. The average molecular weight is 536 g/mol. The zero-order chi connectivity index (χ0) is 21.3. The standard InChI is InChI=1S/C19H24F3IN6O/c1-24-5-8-28-6-3-12(4-7-28)29-15(10-16(27-29)19(20,21)22)18-25-13-9-17(30-2)23-11-14(13)26-18/h9-12,24H,3-8H2,1-2H3,(H,25,26). The summed E-state index contributed by atoms with van der Waals surface area (Å²) in [5, 5.41) is 7.09. The fraction of sp³-hybridized carbons (Fsp3) is 0.526. The summed E-state index contributed by atoms with van der Waals surface area (Å²) in [4.78, 5) is 10.1. The second kappa shape index (κ2) is 8.79. The van der Waals surface area contributed by atoms with Gasteiger partial charge in [0.1, 0.15) is 5.69 Å². The van der Waals surface area contributed by atoms with Crippen molar-refractivity contribution in [2.75, 3.05) is 40.3 Å². The Bertz CT molecular complexity index is 956. The first kappa shape index (κ1) is 21.5. The summed E-state index contributed by atoms with van der Waals surface area (Å²) < 4.78 is 50.1. The molecule has 7 nitrogen and oxygen atoms in total. The molecule has 0 atom stereocenters. The van der Waals surface area contributed by atoms with Crippen LogP contribution in [0.2, 0.25) is 0 Å². The molecule has 0 bridgehead atoms. The molecular formula is C19H24F3IN6O. The van der Waals surface area contributed by atoms with Crippen molar-refractivity contribution in [3.63, 3.8) is 0 Å². The minimum absolute atomic E-state index is 0.0921. The van der Waals surface area contributed by atoms with Gasteiger partial charge in [0.15, 0.2) is 15.3 Å². The number of piperidine rings is 1. The molecule has 2 aromatic rings. The van der Waals surface area contributed by atoms with Crippen LogP contribution in [0.5, 0.6) is 0 Å². The highest BCUT2D eigenvalue weighted by Gasteiger charge is 2.37. The number of fused-ring (bicyclic) bond motifs is 1. The van der Waals surface area contributed by atoms with Gasteiger partial charge in [-0.3, -0.25) is 4.68 Å². The highest BCUT2D eigenvalue weighted by molar-refractivity contribution is 14.2. The summed E-state index contributed by atoms with van der Waals surface area (Å²) in [6.07, 6.45) is -1.12. The summed E-state index contributed by atoms with van der Waals surface area (Å²) in [6, 6.07) is 1.01. The largest absolute Gasteiger partial charge is 0.491 e. The van der Waals surface area contributed by atoms with Crippen molar-refractivity contribution in [3.8, 4) is 11.5 Å². The van der Waals surface area contributed by atoms with Crippen molar-refractivity contribution in [2.24, 2.45) is 0 Å². The van der Waals surface area contributed by atoms with Crippen LogP contribution in [0.15, 0.2) is 9.83 Å². The number of imidazole rings is 1. The van der Waals surface area contributed by atoms with E-state index >= 15 is 0 Å². The lowest BCUT2D eigenvalue weighted by Crippen LogP contribution is -2.38. The molecule has 1 fully saturated rings. The number of hydrogen-bond donors (Lipinski definition) is 2. The maximum atomic E-state index is 13.4. The fourth-order valence-electron chi connectivity index (χ4n) is 3.71. The first-order valence-corrected chi connectivity index (χ1v) is 12.1. The molecule has 1 saturated heterocycles. The predicted octanol–water partition coefficient (Wildman–Crippen LogP) is 3.23. The lowest BCUT2D eigenvalue weighted by molar-refractivity contribution is -0.141. The summed E-state index contributed by atoms with van der Waals surface area (Å²) in [6.45, 7) is 3.49. The quantitative estimate of drug-likeness (QED) is 0.556. The van der Waals surface area contributed by atoms with Crippen LogP contribution in [-0.4, -0.2) is 69.0 Å². The molecule has 2 aliphatic heterocycles. The second-order valence-electron chi connectivity index (χ2n) is 7.29. The number of nitrogens with zero attached hydrogens (tertiary/aromatic N) is 4. The van der Waals surface area contributed by atoms with Gasteiger partial charge in [0, 0.05) is 36.3 Å². The number of ether oxygens (including phenoxy) is 1. The van der Waals surface area contributed by atoms with Crippen molar-refractivity contribution in [1.82, 2.24) is 30.0 Å². The fourth-order valence-corrected chi connectivity index (χ4v) is 5.54. The molecule has 2 aliphatic rings. The van der Waals surface area contributed by atoms with Crippen molar-refractivity contribution in [1.29, 1.82) is 0 Å². The molecule has 11 heteroatoms. The molecule has 0 spiro atoms. The summed E-state index contributed by atoms with van der Waals surface area (Å²) in [7, 11) is 3.53. The summed E-state index contributed by atoms with van der Waals surface area (Å²) in [5.74, 6) is 0.412. The number of aromatic amines is 1. The Labute approximate surface area is 182 Å². The van der Waals surface area contributed by atoms with E-state index in [2.05, 4.69) is 25.3 Å². The summed E-state index contributed by atoms with van der Waals surface area (Å²) >= 11 is -0.424. The van der Waals surface area contributed by atoms with Gasteiger partial charge >= 0.3 is 6.18 Å². The minimum Gasteiger partial charge on any atom is -0.491 e.